The van der Waals surface area contributed by atoms with Gasteiger partial charge in [-0.1, -0.05) is 0 Å². The quantitative estimate of drug-likeness (QED) is 0.848. The Labute approximate surface area is 110 Å². The van der Waals surface area contributed by atoms with Crippen LogP contribution in [0.2, 0.25) is 0 Å². The Balaban J connectivity index is 2.00. The zero-order valence-corrected chi connectivity index (χ0v) is 11.7. The van der Waals surface area contributed by atoms with Gasteiger partial charge in [-0.3, -0.25) is 4.90 Å². The summed E-state index contributed by atoms with van der Waals surface area (Å²) in [6.45, 7) is 6.33. The molecule has 1 heterocycles. The zero-order chi connectivity index (χ0) is 12.4. The monoisotopic (exact) mass is 301 g/mol. The van der Waals surface area contributed by atoms with Crippen LogP contribution in [-0.2, 0) is 0 Å². The van der Waals surface area contributed by atoms with Crippen LogP contribution >= 0.6 is 15.9 Å². The third-order valence-corrected chi connectivity index (χ3v) is 3.75. The van der Waals surface area contributed by atoms with Crippen molar-refractivity contribution >= 4 is 15.9 Å². The van der Waals surface area contributed by atoms with Gasteiger partial charge in [0.15, 0.2) is 0 Å². The second-order valence-electron chi connectivity index (χ2n) is 4.69. The molecule has 1 saturated heterocycles. The van der Waals surface area contributed by atoms with Gasteiger partial charge in [-0.25, -0.2) is 4.39 Å². The Morgan fingerprint density at radius 2 is 2.24 bits per heavy atom. The molecule has 0 aromatic heterocycles. The second kappa shape index (κ2) is 5.36. The molecule has 1 aromatic rings. The van der Waals surface area contributed by atoms with Crippen LogP contribution in [0.5, 0.6) is 5.75 Å². The highest BCUT2D eigenvalue weighted by Crippen LogP contribution is 2.28. The number of nitrogens with zero attached hydrogens (tertiary/aromatic N) is 1. The van der Waals surface area contributed by atoms with Gasteiger partial charge >= 0.3 is 0 Å². The minimum Gasteiger partial charge on any atom is -0.488 e. The van der Waals surface area contributed by atoms with Crippen LogP contribution in [0.1, 0.15) is 20.3 Å². The molecule has 17 heavy (non-hydrogen) atoms. The molecule has 1 unspecified atom stereocenters. The van der Waals surface area contributed by atoms with E-state index in [4.69, 9.17) is 4.74 Å². The Kier molecular flexibility index (Phi) is 4.05. The molecule has 1 aromatic carbocycles. The number of benzene rings is 1. The highest BCUT2D eigenvalue weighted by atomic mass is 79.9. The summed E-state index contributed by atoms with van der Waals surface area (Å²) < 4.78 is 19.8. The molecule has 0 bridgehead atoms. The number of likely N-dealkylation sites (tertiary alicyclic amines) is 1. The maximum Gasteiger partial charge on any atom is 0.136 e. The summed E-state index contributed by atoms with van der Waals surface area (Å²) in [5.74, 6) is 0.336. The average Bonchev–Trinajstić information content (AvgIpc) is 2.72. The predicted molar refractivity (Wildman–Crippen MR) is 69.8 cm³/mol. The summed E-state index contributed by atoms with van der Waals surface area (Å²) in [4.78, 5) is 2.37. The molecule has 2 rings (SSSR count). The molecule has 0 radical (unpaired) electrons. The summed E-state index contributed by atoms with van der Waals surface area (Å²) in [6.07, 6.45) is 1.16. The molecular weight excluding hydrogens is 285 g/mol. The minimum absolute atomic E-state index is 0.162. The van der Waals surface area contributed by atoms with Gasteiger partial charge in [0.2, 0.25) is 0 Å². The molecule has 1 fully saturated rings. The van der Waals surface area contributed by atoms with Crippen LogP contribution in [0.25, 0.3) is 0 Å². The first-order chi connectivity index (χ1) is 8.06. The van der Waals surface area contributed by atoms with Crippen molar-refractivity contribution in [1.29, 1.82) is 0 Å². The summed E-state index contributed by atoms with van der Waals surface area (Å²) in [5, 5.41) is 0. The molecule has 94 valence electrons. The van der Waals surface area contributed by atoms with Gasteiger partial charge in [-0.2, -0.15) is 0 Å². The van der Waals surface area contributed by atoms with E-state index < -0.39 is 0 Å². The van der Waals surface area contributed by atoms with Crippen molar-refractivity contribution in [3.05, 3.63) is 28.5 Å². The fraction of sp³-hybridized carbons (Fsp3) is 0.538. The van der Waals surface area contributed by atoms with Gasteiger partial charge in [0, 0.05) is 25.2 Å². The number of hydrogen-bond acceptors (Lipinski definition) is 2. The molecule has 1 aliphatic heterocycles. The first kappa shape index (κ1) is 12.8. The molecule has 1 atom stereocenters. The lowest BCUT2D eigenvalue weighted by Gasteiger charge is -2.20. The van der Waals surface area contributed by atoms with Gasteiger partial charge < -0.3 is 4.74 Å². The van der Waals surface area contributed by atoms with E-state index >= 15 is 0 Å². The van der Waals surface area contributed by atoms with Crippen LogP contribution in [0, 0.1) is 5.82 Å². The fourth-order valence-electron chi connectivity index (χ4n) is 2.07. The molecule has 0 spiro atoms. The van der Waals surface area contributed by atoms with Gasteiger partial charge in [0.05, 0.1) is 4.47 Å². The maximum atomic E-state index is 13.1. The Morgan fingerprint density at radius 1 is 1.47 bits per heavy atom. The van der Waals surface area contributed by atoms with Crippen molar-refractivity contribution in [2.45, 2.75) is 32.4 Å². The fourth-order valence-corrected chi connectivity index (χ4v) is 2.41. The molecule has 0 saturated carbocycles. The van der Waals surface area contributed by atoms with Gasteiger partial charge in [-0.05, 0) is 48.3 Å². The summed E-state index contributed by atoms with van der Waals surface area (Å²) in [6, 6.07) is 5.08. The van der Waals surface area contributed by atoms with Crippen molar-refractivity contribution < 1.29 is 9.13 Å². The van der Waals surface area contributed by atoms with E-state index in [1.807, 2.05) is 0 Å². The van der Waals surface area contributed by atoms with Gasteiger partial charge in [0.1, 0.15) is 17.7 Å². The number of halogens is 2. The normalized spacial score (nSPS) is 21.1. The van der Waals surface area contributed by atoms with E-state index in [0.717, 1.165) is 24.0 Å². The number of rotatable bonds is 3. The molecule has 0 N–H and O–H groups in total. The van der Waals surface area contributed by atoms with E-state index in [9.17, 15) is 4.39 Å². The average molecular weight is 302 g/mol. The second-order valence-corrected chi connectivity index (χ2v) is 5.55. The third kappa shape index (κ3) is 3.19. The maximum absolute atomic E-state index is 13.1. The van der Waals surface area contributed by atoms with Gasteiger partial charge in [0.25, 0.3) is 0 Å². The highest BCUT2D eigenvalue weighted by molar-refractivity contribution is 9.10. The van der Waals surface area contributed by atoms with Gasteiger partial charge in [-0.15, -0.1) is 0 Å². The van der Waals surface area contributed by atoms with Crippen molar-refractivity contribution in [3.63, 3.8) is 0 Å². The first-order valence-electron chi connectivity index (χ1n) is 5.92. The summed E-state index contributed by atoms with van der Waals surface area (Å²) in [7, 11) is 0. The molecule has 0 amide bonds. The molecule has 2 nitrogen and oxygen atoms in total. The number of hydrogen-bond donors (Lipinski definition) is 0. The number of ether oxygens (including phenoxy) is 1. The molecular formula is C13H17BrFNO. The smallest absolute Gasteiger partial charge is 0.136 e. The minimum atomic E-state index is -0.262. The topological polar surface area (TPSA) is 12.5 Å². The molecule has 0 aliphatic carbocycles. The third-order valence-electron chi connectivity index (χ3n) is 3.09. The first-order valence-corrected chi connectivity index (χ1v) is 6.71. The molecule has 4 heteroatoms. The van der Waals surface area contributed by atoms with Crippen LogP contribution in [0.4, 0.5) is 4.39 Å². The largest absolute Gasteiger partial charge is 0.488 e. The van der Waals surface area contributed by atoms with Crippen LogP contribution in [0.15, 0.2) is 22.7 Å². The van der Waals surface area contributed by atoms with Crippen LogP contribution in [-0.4, -0.2) is 30.1 Å². The van der Waals surface area contributed by atoms with E-state index in [0.29, 0.717) is 11.8 Å². The predicted octanol–water partition coefficient (Wildman–Crippen LogP) is 3.45. The zero-order valence-electron chi connectivity index (χ0n) is 10.1. The summed E-state index contributed by atoms with van der Waals surface area (Å²) in [5.41, 5.74) is 0. The SMILES string of the molecule is CC(C)N1CCC(Oc2cc(F)ccc2Br)C1. The van der Waals surface area contributed by atoms with Crippen LogP contribution < -0.4 is 4.74 Å². The summed E-state index contributed by atoms with van der Waals surface area (Å²) >= 11 is 3.38. The van der Waals surface area contributed by atoms with Crippen LogP contribution in [0.3, 0.4) is 0 Å². The van der Waals surface area contributed by atoms with E-state index in [1.165, 1.54) is 12.1 Å². The Morgan fingerprint density at radius 3 is 2.88 bits per heavy atom. The van der Waals surface area contributed by atoms with Crippen molar-refractivity contribution in [1.82, 2.24) is 4.90 Å². The highest BCUT2D eigenvalue weighted by Gasteiger charge is 2.26. The lowest BCUT2D eigenvalue weighted by Crippen LogP contribution is -2.30. The lowest BCUT2D eigenvalue weighted by atomic mass is 10.3. The van der Waals surface area contributed by atoms with E-state index in [2.05, 4.69) is 34.7 Å². The lowest BCUT2D eigenvalue weighted by molar-refractivity contribution is 0.186. The van der Waals surface area contributed by atoms with E-state index in [-0.39, 0.29) is 11.9 Å². The van der Waals surface area contributed by atoms with Crippen molar-refractivity contribution in [3.8, 4) is 5.75 Å². The van der Waals surface area contributed by atoms with Crippen molar-refractivity contribution in [2.75, 3.05) is 13.1 Å². The van der Waals surface area contributed by atoms with Crippen molar-refractivity contribution in [2.24, 2.45) is 0 Å². The Bertz CT molecular complexity index is 397. The van der Waals surface area contributed by atoms with E-state index in [1.54, 1.807) is 6.07 Å². The standard InChI is InChI=1S/C13H17BrFNO/c1-9(2)16-6-5-11(8-16)17-13-7-10(15)3-4-12(13)14/h3-4,7,9,11H,5-6,8H2,1-2H3. The molecule has 1 aliphatic rings. The Hall–Kier alpha value is -0.610.